The first kappa shape index (κ1) is 15.3. The van der Waals surface area contributed by atoms with Gasteiger partial charge in [-0.05, 0) is 24.3 Å². The Kier molecular flexibility index (Phi) is 4.92. The van der Waals surface area contributed by atoms with Gasteiger partial charge in [0.2, 0.25) is 0 Å². The van der Waals surface area contributed by atoms with E-state index in [1.165, 1.54) is 31.6 Å². The number of hydrogen-bond donors (Lipinski definition) is 1. The average molecular weight is 302 g/mol. The summed E-state index contributed by atoms with van der Waals surface area (Å²) in [5.41, 5.74) is 0.937. The second kappa shape index (κ2) is 7.07. The minimum atomic E-state index is -0.475. The first-order chi connectivity index (χ1) is 10.6. The van der Waals surface area contributed by atoms with E-state index < -0.39 is 5.97 Å². The lowest BCUT2D eigenvalue weighted by molar-refractivity contribution is -0.605. The lowest BCUT2D eigenvalue weighted by atomic mass is 10.2. The molecule has 0 radical (unpaired) electrons. The highest BCUT2D eigenvalue weighted by Crippen LogP contribution is 2.16. The number of anilines is 1. The molecule has 0 fully saturated rings. The highest BCUT2D eigenvalue weighted by atomic mass is 16.6. The zero-order chi connectivity index (χ0) is 15.9. The predicted molar refractivity (Wildman–Crippen MR) is 77.3 cm³/mol. The number of nitrogens with zero attached hydrogens (tertiary/aromatic N) is 1. The zero-order valence-corrected chi connectivity index (χ0v) is 11.8. The molecule has 1 amide bonds. The third-order valence-corrected chi connectivity index (χ3v) is 2.76. The van der Waals surface area contributed by atoms with E-state index in [9.17, 15) is 14.8 Å². The zero-order valence-electron chi connectivity index (χ0n) is 11.8. The third kappa shape index (κ3) is 4.20. The Bertz CT molecular complexity index is 653. The molecule has 0 spiro atoms. The second-order valence-corrected chi connectivity index (χ2v) is 4.29. The van der Waals surface area contributed by atoms with E-state index in [1.807, 2.05) is 0 Å². The number of pyridine rings is 1. The van der Waals surface area contributed by atoms with Gasteiger partial charge in [-0.25, -0.2) is 4.79 Å². The molecular weight excluding hydrogens is 288 g/mol. The molecule has 114 valence electrons. The van der Waals surface area contributed by atoms with Crippen molar-refractivity contribution in [3.63, 3.8) is 0 Å². The van der Waals surface area contributed by atoms with E-state index in [4.69, 9.17) is 4.74 Å². The van der Waals surface area contributed by atoms with Crippen molar-refractivity contribution in [2.75, 3.05) is 19.0 Å². The van der Waals surface area contributed by atoms with Crippen LogP contribution in [0.1, 0.15) is 10.4 Å². The number of amides is 1. The fraction of sp³-hybridized carbons (Fsp3) is 0.133. The molecule has 22 heavy (non-hydrogen) atoms. The molecule has 2 aromatic rings. The largest absolute Gasteiger partial charge is 0.619 e. The SMILES string of the molecule is COC(=O)COc1ccc(NC(=O)c2cc[n+]([O-])cc2)cc1. The topological polar surface area (TPSA) is 91.6 Å². The van der Waals surface area contributed by atoms with Crippen LogP contribution in [0.5, 0.6) is 5.75 Å². The molecule has 0 atom stereocenters. The maximum atomic E-state index is 11.9. The predicted octanol–water partition coefficient (Wildman–Crippen LogP) is 1.12. The number of aromatic nitrogens is 1. The van der Waals surface area contributed by atoms with Crippen molar-refractivity contribution in [3.8, 4) is 5.75 Å². The summed E-state index contributed by atoms with van der Waals surface area (Å²) in [6.07, 6.45) is 2.50. The molecule has 0 bridgehead atoms. The molecule has 2 rings (SSSR count). The minimum absolute atomic E-state index is 0.179. The lowest BCUT2D eigenvalue weighted by Crippen LogP contribution is -2.25. The number of nitrogens with one attached hydrogen (secondary N) is 1. The van der Waals surface area contributed by atoms with Gasteiger partial charge in [-0.15, -0.1) is 0 Å². The Morgan fingerprint density at radius 2 is 1.77 bits per heavy atom. The quantitative estimate of drug-likeness (QED) is 0.508. The van der Waals surface area contributed by atoms with Crippen molar-refractivity contribution < 1.29 is 23.8 Å². The van der Waals surface area contributed by atoms with Crippen LogP contribution in [0, 0.1) is 5.21 Å². The van der Waals surface area contributed by atoms with Crippen LogP contribution in [0.4, 0.5) is 5.69 Å². The number of methoxy groups -OCH3 is 1. The highest BCUT2D eigenvalue weighted by molar-refractivity contribution is 6.04. The van der Waals surface area contributed by atoms with Gasteiger partial charge in [0, 0.05) is 17.8 Å². The standard InChI is InChI=1S/C15H14N2O5/c1-21-14(18)10-22-13-4-2-12(3-5-13)16-15(19)11-6-8-17(20)9-7-11/h2-9H,10H2,1H3,(H,16,19). The molecule has 7 nitrogen and oxygen atoms in total. The van der Waals surface area contributed by atoms with E-state index in [0.717, 1.165) is 0 Å². The summed E-state index contributed by atoms with van der Waals surface area (Å²) in [7, 11) is 1.28. The van der Waals surface area contributed by atoms with Crippen LogP contribution in [0.25, 0.3) is 0 Å². The highest BCUT2D eigenvalue weighted by Gasteiger charge is 2.07. The van der Waals surface area contributed by atoms with Crippen molar-refractivity contribution in [3.05, 3.63) is 59.6 Å². The van der Waals surface area contributed by atoms with Crippen molar-refractivity contribution in [1.82, 2.24) is 0 Å². The lowest BCUT2D eigenvalue weighted by Gasteiger charge is -2.07. The van der Waals surface area contributed by atoms with Gasteiger partial charge >= 0.3 is 5.97 Å². The summed E-state index contributed by atoms with van der Waals surface area (Å²) >= 11 is 0. The van der Waals surface area contributed by atoms with Crippen LogP contribution in [-0.2, 0) is 9.53 Å². The van der Waals surface area contributed by atoms with E-state index in [1.54, 1.807) is 24.3 Å². The van der Waals surface area contributed by atoms with Crippen LogP contribution in [0.15, 0.2) is 48.8 Å². The second-order valence-electron chi connectivity index (χ2n) is 4.29. The van der Waals surface area contributed by atoms with Crippen molar-refractivity contribution in [2.24, 2.45) is 0 Å². The first-order valence-electron chi connectivity index (χ1n) is 6.38. The fourth-order valence-corrected chi connectivity index (χ4v) is 1.60. The number of esters is 1. The van der Waals surface area contributed by atoms with Gasteiger partial charge in [0.25, 0.3) is 5.91 Å². The summed E-state index contributed by atoms with van der Waals surface area (Å²) in [5.74, 6) is -0.323. The molecule has 0 unspecified atom stereocenters. The molecule has 1 N–H and O–H groups in total. The Morgan fingerprint density at radius 3 is 2.36 bits per heavy atom. The maximum absolute atomic E-state index is 11.9. The van der Waals surface area contributed by atoms with Crippen LogP contribution < -0.4 is 14.8 Å². The number of benzene rings is 1. The van der Waals surface area contributed by atoms with E-state index in [2.05, 4.69) is 10.1 Å². The molecule has 0 aliphatic heterocycles. The third-order valence-electron chi connectivity index (χ3n) is 2.76. The van der Waals surface area contributed by atoms with Gasteiger partial charge in [-0.3, -0.25) is 4.79 Å². The molecule has 1 aromatic carbocycles. The summed E-state index contributed by atoms with van der Waals surface area (Å²) in [6.45, 7) is -0.179. The monoisotopic (exact) mass is 302 g/mol. The van der Waals surface area contributed by atoms with E-state index >= 15 is 0 Å². The number of hydrogen-bond acceptors (Lipinski definition) is 5. The number of ether oxygens (including phenoxy) is 2. The van der Waals surface area contributed by atoms with Gasteiger partial charge < -0.3 is 20.0 Å². The Labute approximate surface area is 126 Å². The van der Waals surface area contributed by atoms with Crippen LogP contribution in [0.3, 0.4) is 0 Å². The number of carbonyl (C=O) groups is 2. The molecule has 0 saturated heterocycles. The van der Waals surface area contributed by atoms with Crippen molar-refractivity contribution in [2.45, 2.75) is 0 Å². The van der Waals surface area contributed by atoms with Gasteiger partial charge in [-0.2, -0.15) is 4.73 Å². The minimum Gasteiger partial charge on any atom is -0.619 e. The van der Waals surface area contributed by atoms with E-state index in [-0.39, 0.29) is 12.5 Å². The van der Waals surface area contributed by atoms with Gasteiger partial charge in [0.1, 0.15) is 5.75 Å². The Hall–Kier alpha value is -3.09. The molecule has 0 aliphatic rings. The Balaban J connectivity index is 1.94. The maximum Gasteiger partial charge on any atom is 0.343 e. The van der Waals surface area contributed by atoms with Crippen LogP contribution in [0.2, 0.25) is 0 Å². The number of rotatable bonds is 5. The van der Waals surface area contributed by atoms with Gasteiger partial charge in [-0.1, -0.05) is 0 Å². The van der Waals surface area contributed by atoms with Crippen molar-refractivity contribution in [1.29, 1.82) is 0 Å². The molecule has 1 heterocycles. The summed E-state index contributed by atoms with van der Waals surface area (Å²) in [4.78, 5) is 22.9. The summed E-state index contributed by atoms with van der Waals surface area (Å²) in [6, 6.07) is 9.37. The molecule has 1 aromatic heterocycles. The Morgan fingerprint density at radius 1 is 1.14 bits per heavy atom. The van der Waals surface area contributed by atoms with E-state index in [0.29, 0.717) is 21.7 Å². The van der Waals surface area contributed by atoms with Gasteiger partial charge in [0.05, 0.1) is 12.7 Å². The molecule has 0 aliphatic carbocycles. The smallest absolute Gasteiger partial charge is 0.343 e. The number of carbonyl (C=O) groups excluding carboxylic acids is 2. The van der Waals surface area contributed by atoms with Crippen LogP contribution in [-0.4, -0.2) is 25.6 Å². The normalized spacial score (nSPS) is 9.86. The molecular formula is C15H14N2O5. The van der Waals surface area contributed by atoms with Gasteiger partial charge in [0.15, 0.2) is 19.0 Å². The summed E-state index contributed by atoms with van der Waals surface area (Å²) < 4.78 is 10.3. The first-order valence-corrected chi connectivity index (χ1v) is 6.38. The summed E-state index contributed by atoms with van der Waals surface area (Å²) in [5, 5.41) is 13.6. The fourth-order valence-electron chi connectivity index (χ4n) is 1.60. The molecule has 0 saturated carbocycles. The average Bonchev–Trinajstić information content (AvgIpc) is 2.54. The van der Waals surface area contributed by atoms with Crippen molar-refractivity contribution >= 4 is 17.6 Å². The van der Waals surface area contributed by atoms with Crippen LogP contribution >= 0.6 is 0 Å². The molecule has 7 heteroatoms.